The summed E-state index contributed by atoms with van der Waals surface area (Å²) in [6, 6.07) is 0. The van der Waals surface area contributed by atoms with Gasteiger partial charge in [-0.15, -0.1) is 0 Å². The molecule has 4 nitrogen and oxygen atoms in total. The van der Waals surface area contributed by atoms with Crippen molar-refractivity contribution in [1.82, 2.24) is 0 Å². The zero-order valence-corrected chi connectivity index (χ0v) is 24.9. The second kappa shape index (κ2) is 31.2. The van der Waals surface area contributed by atoms with Crippen molar-refractivity contribution in [3.8, 4) is 0 Å². The molecule has 0 aromatic rings. The van der Waals surface area contributed by atoms with E-state index < -0.39 is 5.97 Å². The Bertz CT molecular complexity index is 477. The van der Waals surface area contributed by atoms with Crippen molar-refractivity contribution in [2.45, 2.75) is 193 Å². The molecule has 0 aliphatic carbocycles. The van der Waals surface area contributed by atoms with Crippen molar-refractivity contribution in [3.05, 3.63) is 0 Å². The molecule has 0 heterocycles. The van der Waals surface area contributed by atoms with Crippen LogP contribution in [0.5, 0.6) is 0 Å². The minimum Gasteiger partial charge on any atom is -0.481 e. The molecular weight excluding hydrogens is 460 g/mol. The van der Waals surface area contributed by atoms with Gasteiger partial charge in [-0.05, 0) is 19.3 Å². The van der Waals surface area contributed by atoms with Crippen molar-refractivity contribution in [2.75, 3.05) is 6.61 Å². The first kappa shape index (κ1) is 35.9. The van der Waals surface area contributed by atoms with Crippen LogP contribution in [0, 0.1) is 0 Å². The fourth-order valence-corrected chi connectivity index (χ4v) is 5.04. The number of hydrogen-bond acceptors (Lipinski definition) is 3. The van der Waals surface area contributed by atoms with Crippen molar-refractivity contribution in [3.63, 3.8) is 0 Å². The standard InChI is InChI=1S/C33H64O4/c1-2-3-4-5-6-7-8-9-10-11-15-18-21-24-27-30-33(36)37-31-28-25-22-19-16-13-12-14-17-20-23-26-29-32(34)35/h2-31H2,1H3,(H,34,35). The first-order valence-corrected chi connectivity index (χ1v) is 16.5. The molecule has 220 valence electrons. The van der Waals surface area contributed by atoms with Crippen molar-refractivity contribution >= 4 is 11.9 Å². The predicted octanol–water partition coefficient (Wildman–Crippen LogP) is 10.9. The van der Waals surface area contributed by atoms with Gasteiger partial charge in [0.15, 0.2) is 0 Å². The molecule has 0 rings (SSSR count). The van der Waals surface area contributed by atoms with E-state index in [4.69, 9.17) is 9.84 Å². The summed E-state index contributed by atoms with van der Waals surface area (Å²) in [5, 5.41) is 8.61. The highest BCUT2D eigenvalue weighted by molar-refractivity contribution is 5.69. The molecule has 0 fully saturated rings. The van der Waals surface area contributed by atoms with Gasteiger partial charge in [0.1, 0.15) is 0 Å². The highest BCUT2D eigenvalue weighted by atomic mass is 16.5. The van der Waals surface area contributed by atoms with E-state index in [0.29, 0.717) is 19.4 Å². The van der Waals surface area contributed by atoms with Gasteiger partial charge in [-0.25, -0.2) is 0 Å². The quantitative estimate of drug-likeness (QED) is 0.0723. The maximum Gasteiger partial charge on any atom is 0.305 e. The van der Waals surface area contributed by atoms with Crippen LogP contribution in [0.4, 0.5) is 0 Å². The van der Waals surface area contributed by atoms with Gasteiger partial charge in [0.25, 0.3) is 0 Å². The van der Waals surface area contributed by atoms with Crippen LogP contribution in [0.1, 0.15) is 193 Å². The number of carbonyl (C=O) groups excluding carboxylic acids is 1. The van der Waals surface area contributed by atoms with Crippen LogP contribution >= 0.6 is 0 Å². The lowest BCUT2D eigenvalue weighted by Gasteiger charge is -2.06. The van der Waals surface area contributed by atoms with Crippen LogP contribution < -0.4 is 0 Å². The topological polar surface area (TPSA) is 63.6 Å². The molecule has 0 aromatic heterocycles. The van der Waals surface area contributed by atoms with Crippen LogP contribution in [-0.4, -0.2) is 23.7 Å². The van der Waals surface area contributed by atoms with Crippen molar-refractivity contribution in [1.29, 1.82) is 0 Å². The van der Waals surface area contributed by atoms with Gasteiger partial charge in [0, 0.05) is 12.8 Å². The van der Waals surface area contributed by atoms with E-state index in [2.05, 4.69) is 6.92 Å². The summed E-state index contributed by atoms with van der Waals surface area (Å²) in [7, 11) is 0. The Labute approximate surface area is 231 Å². The number of unbranched alkanes of at least 4 members (excludes halogenated alkanes) is 25. The number of esters is 1. The molecule has 0 atom stereocenters. The summed E-state index contributed by atoms with van der Waals surface area (Å²) >= 11 is 0. The third-order valence-electron chi connectivity index (χ3n) is 7.53. The van der Waals surface area contributed by atoms with Crippen LogP contribution in [0.25, 0.3) is 0 Å². The van der Waals surface area contributed by atoms with Gasteiger partial charge in [-0.2, -0.15) is 0 Å². The van der Waals surface area contributed by atoms with Crippen molar-refractivity contribution < 1.29 is 19.4 Å². The number of aliphatic carboxylic acids is 1. The second-order valence-electron chi connectivity index (χ2n) is 11.3. The molecule has 0 amide bonds. The molecular formula is C33H64O4. The Hall–Kier alpha value is -1.06. The number of rotatable bonds is 31. The Morgan fingerprint density at radius 1 is 0.432 bits per heavy atom. The number of hydrogen-bond donors (Lipinski definition) is 1. The van der Waals surface area contributed by atoms with E-state index in [1.807, 2.05) is 0 Å². The van der Waals surface area contributed by atoms with Crippen LogP contribution in [0.15, 0.2) is 0 Å². The zero-order valence-electron chi connectivity index (χ0n) is 24.9. The Balaban J connectivity index is 3.15. The monoisotopic (exact) mass is 524 g/mol. The maximum atomic E-state index is 11.9. The number of carbonyl (C=O) groups is 2. The van der Waals surface area contributed by atoms with Crippen molar-refractivity contribution in [2.24, 2.45) is 0 Å². The van der Waals surface area contributed by atoms with E-state index in [0.717, 1.165) is 38.5 Å². The molecule has 1 N–H and O–H groups in total. The Morgan fingerprint density at radius 2 is 0.730 bits per heavy atom. The summed E-state index contributed by atoms with van der Waals surface area (Å²) < 4.78 is 5.40. The van der Waals surface area contributed by atoms with Crippen LogP contribution in [0.3, 0.4) is 0 Å². The third kappa shape index (κ3) is 32.9. The smallest absolute Gasteiger partial charge is 0.305 e. The molecule has 37 heavy (non-hydrogen) atoms. The fraction of sp³-hybridized carbons (Fsp3) is 0.939. The molecule has 0 aliphatic rings. The summed E-state index contributed by atoms with van der Waals surface area (Å²) in [5.41, 5.74) is 0. The van der Waals surface area contributed by atoms with Crippen LogP contribution in [-0.2, 0) is 14.3 Å². The van der Waals surface area contributed by atoms with Gasteiger partial charge in [0.05, 0.1) is 6.61 Å². The Morgan fingerprint density at radius 3 is 1.08 bits per heavy atom. The molecule has 0 saturated heterocycles. The summed E-state index contributed by atoms with van der Waals surface area (Å²) in [4.78, 5) is 22.3. The largest absolute Gasteiger partial charge is 0.481 e. The van der Waals surface area contributed by atoms with E-state index >= 15 is 0 Å². The Kier molecular flexibility index (Phi) is 30.3. The fourth-order valence-electron chi connectivity index (χ4n) is 5.04. The average Bonchev–Trinajstić information content (AvgIpc) is 2.88. The van der Waals surface area contributed by atoms with Gasteiger partial charge in [0.2, 0.25) is 0 Å². The predicted molar refractivity (Wildman–Crippen MR) is 158 cm³/mol. The summed E-state index contributed by atoms with van der Waals surface area (Å²) in [6.07, 6.45) is 35.3. The summed E-state index contributed by atoms with van der Waals surface area (Å²) in [5.74, 6) is -0.675. The highest BCUT2D eigenvalue weighted by Crippen LogP contribution is 2.15. The highest BCUT2D eigenvalue weighted by Gasteiger charge is 2.03. The summed E-state index contributed by atoms with van der Waals surface area (Å²) in [6.45, 7) is 2.88. The SMILES string of the molecule is CCCCCCCCCCCCCCCCCC(=O)OCCCCCCCCCCCCCCC(=O)O. The lowest BCUT2D eigenvalue weighted by atomic mass is 10.0. The normalized spacial score (nSPS) is 11.2. The van der Waals surface area contributed by atoms with Gasteiger partial charge < -0.3 is 9.84 Å². The van der Waals surface area contributed by atoms with Gasteiger partial charge >= 0.3 is 11.9 Å². The molecule has 0 bridgehead atoms. The molecule has 0 radical (unpaired) electrons. The maximum absolute atomic E-state index is 11.9. The molecule has 0 unspecified atom stereocenters. The zero-order chi connectivity index (χ0) is 27.1. The lowest BCUT2D eigenvalue weighted by Crippen LogP contribution is -2.05. The molecule has 0 aromatic carbocycles. The second-order valence-corrected chi connectivity index (χ2v) is 11.3. The molecule has 0 aliphatic heterocycles. The van der Waals surface area contributed by atoms with E-state index in [9.17, 15) is 9.59 Å². The average molecular weight is 525 g/mol. The van der Waals surface area contributed by atoms with E-state index in [1.54, 1.807) is 0 Å². The molecule has 0 saturated carbocycles. The third-order valence-corrected chi connectivity index (χ3v) is 7.53. The molecule has 4 heteroatoms. The first-order valence-electron chi connectivity index (χ1n) is 16.5. The number of carboxylic acids is 1. The van der Waals surface area contributed by atoms with Gasteiger partial charge in [-0.3, -0.25) is 9.59 Å². The van der Waals surface area contributed by atoms with E-state index in [1.165, 1.54) is 135 Å². The first-order chi connectivity index (χ1) is 18.2. The van der Waals surface area contributed by atoms with Gasteiger partial charge in [-0.1, -0.05) is 161 Å². The van der Waals surface area contributed by atoms with Crippen LogP contribution in [0.2, 0.25) is 0 Å². The molecule has 0 spiro atoms. The minimum atomic E-state index is -0.673. The number of carboxylic acid groups (broad SMARTS) is 1. The lowest BCUT2D eigenvalue weighted by molar-refractivity contribution is -0.144. The van der Waals surface area contributed by atoms with E-state index in [-0.39, 0.29) is 5.97 Å². The minimum absolute atomic E-state index is 0.00217. The number of ether oxygens (including phenoxy) is 1.